The molecule has 0 spiro atoms. The smallest absolute Gasteiger partial charge is 0.224 e. The Hall–Kier alpha value is -0.570. The molecule has 1 unspecified atom stereocenters. The van der Waals surface area contributed by atoms with E-state index in [0.717, 1.165) is 6.54 Å². The number of hydrogen-bond acceptors (Lipinski definition) is 2. The van der Waals surface area contributed by atoms with Gasteiger partial charge in [0.2, 0.25) is 5.91 Å². The second-order valence-corrected chi connectivity index (χ2v) is 5.56. The highest BCUT2D eigenvalue weighted by Crippen LogP contribution is 2.25. The third kappa shape index (κ3) is 4.12. The molecule has 1 aliphatic rings. The molecule has 16 heavy (non-hydrogen) atoms. The Balaban J connectivity index is 2.58. The highest BCUT2D eigenvalue weighted by atomic mass is 16.2. The van der Waals surface area contributed by atoms with Gasteiger partial charge < -0.3 is 10.6 Å². The minimum absolute atomic E-state index is 0.0245. The Kier molecular flexibility index (Phi) is 5.26. The summed E-state index contributed by atoms with van der Waals surface area (Å²) in [5.41, 5.74) is 5.71. The summed E-state index contributed by atoms with van der Waals surface area (Å²) in [7, 11) is 0. The summed E-state index contributed by atoms with van der Waals surface area (Å²) < 4.78 is 0. The summed E-state index contributed by atoms with van der Waals surface area (Å²) >= 11 is 0. The number of carbonyl (C=O) groups is 1. The first kappa shape index (κ1) is 13.5. The van der Waals surface area contributed by atoms with Gasteiger partial charge in [-0.2, -0.15) is 0 Å². The van der Waals surface area contributed by atoms with E-state index in [-0.39, 0.29) is 11.9 Å². The molecular weight excluding hydrogens is 200 g/mol. The fraction of sp³-hybridized carbons (Fsp3) is 0.923. The zero-order valence-electron chi connectivity index (χ0n) is 10.9. The van der Waals surface area contributed by atoms with E-state index in [4.69, 9.17) is 5.73 Å². The summed E-state index contributed by atoms with van der Waals surface area (Å²) in [6, 6.07) is 0.456. The first-order valence-corrected chi connectivity index (χ1v) is 6.55. The molecule has 1 aliphatic carbocycles. The SMILES string of the molecule is CC(C)CN(C(=O)CC(C)N)C1CCCC1. The Morgan fingerprint density at radius 3 is 2.31 bits per heavy atom. The van der Waals surface area contributed by atoms with E-state index >= 15 is 0 Å². The Labute approximate surface area is 99.4 Å². The molecule has 3 heteroatoms. The Bertz CT molecular complexity index is 220. The van der Waals surface area contributed by atoms with Crippen LogP contribution in [0.2, 0.25) is 0 Å². The van der Waals surface area contributed by atoms with Crippen LogP contribution >= 0.6 is 0 Å². The van der Waals surface area contributed by atoms with Crippen molar-refractivity contribution >= 4 is 5.91 Å². The van der Waals surface area contributed by atoms with Crippen LogP contribution in [0.25, 0.3) is 0 Å². The van der Waals surface area contributed by atoms with E-state index in [0.29, 0.717) is 18.4 Å². The topological polar surface area (TPSA) is 46.3 Å². The number of amides is 1. The number of nitrogens with zero attached hydrogens (tertiary/aromatic N) is 1. The van der Waals surface area contributed by atoms with Crippen molar-refractivity contribution in [1.82, 2.24) is 4.90 Å². The first-order chi connectivity index (χ1) is 7.50. The lowest BCUT2D eigenvalue weighted by atomic mass is 10.1. The quantitative estimate of drug-likeness (QED) is 0.780. The molecule has 94 valence electrons. The van der Waals surface area contributed by atoms with Gasteiger partial charge in [0.15, 0.2) is 0 Å². The number of rotatable bonds is 5. The molecule has 0 aromatic heterocycles. The fourth-order valence-electron chi connectivity index (χ4n) is 2.46. The molecule has 1 fully saturated rings. The van der Waals surface area contributed by atoms with Crippen molar-refractivity contribution < 1.29 is 4.79 Å². The minimum atomic E-state index is -0.0245. The third-order valence-corrected chi connectivity index (χ3v) is 3.14. The van der Waals surface area contributed by atoms with Crippen LogP contribution in [0.1, 0.15) is 52.9 Å². The molecule has 1 amide bonds. The molecule has 0 aromatic carbocycles. The fourth-order valence-corrected chi connectivity index (χ4v) is 2.46. The van der Waals surface area contributed by atoms with Crippen molar-refractivity contribution in [2.45, 2.75) is 65.0 Å². The van der Waals surface area contributed by atoms with Crippen LogP contribution in [-0.4, -0.2) is 29.4 Å². The standard InChI is InChI=1S/C13H26N2O/c1-10(2)9-15(12-6-4-5-7-12)13(16)8-11(3)14/h10-12H,4-9,14H2,1-3H3. The minimum Gasteiger partial charge on any atom is -0.339 e. The normalized spacial score (nSPS) is 19.1. The summed E-state index contributed by atoms with van der Waals surface area (Å²) in [4.78, 5) is 14.2. The zero-order valence-corrected chi connectivity index (χ0v) is 10.9. The van der Waals surface area contributed by atoms with E-state index in [1.807, 2.05) is 6.92 Å². The maximum Gasteiger partial charge on any atom is 0.224 e. The molecule has 3 nitrogen and oxygen atoms in total. The average Bonchev–Trinajstić information content (AvgIpc) is 2.64. The number of nitrogens with two attached hydrogens (primary N) is 1. The van der Waals surface area contributed by atoms with Gasteiger partial charge in [0.1, 0.15) is 0 Å². The molecule has 1 rings (SSSR count). The summed E-state index contributed by atoms with van der Waals surface area (Å²) in [6.45, 7) is 7.12. The lowest BCUT2D eigenvalue weighted by molar-refractivity contribution is -0.134. The van der Waals surface area contributed by atoms with E-state index < -0.39 is 0 Å². The van der Waals surface area contributed by atoms with E-state index in [1.165, 1.54) is 25.7 Å². The lowest BCUT2D eigenvalue weighted by Crippen LogP contribution is -2.43. The van der Waals surface area contributed by atoms with Crippen LogP contribution in [0.15, 0.2) is 0 Å². The molecule has 0 heterocycles. The van der Waals surface area contributed by atoms with Gasteiger partial charge in [-0.05, 0) is 25.7 Å². The van der Waals surface area contributed by atoms with Gasteiger partial charge in [-0.15, -0.1) is 0 Å². The van der Waals surface area contributed by atoms with E-state index in [1.54, 1.807) is 0 Å². The highest BCUT2D eigenvalue weighted by Gasteiger charge is 2.27. The lowest BCUT2D eigenvalue weighted by Gasteiger charge is -2.31. The molecule has 0 radical (unpaired) electrons. The Morgan fingerprint density at radius 1 is 1.31 bits per heavy atom. The summed E-state index contributed by atoms with van der Waals surface area (Å²) in [6.07, 6.45) is 5.38. The van der Waals surface area contributed by atoms with Crippen molar-refractivity contribution in [1.29, 1.82) is 0 Å². The monoisotopic (exact) mass is 226 g/mol. The first-order valence-electron chi connectivity index (χ1n) is 6.55. The second kappa shape index (κ2) is 6.24. The van der Waals surface area contributed by atoms with Crippen LogP contribution in [0.5, 0.6) is 0 Å². The second-order valence-electron chi connectivity index (χ2n) is 5.56. The van der Waals surface area contributed by atoms with Crippen molar-refractivity contribution in [2.75, 3.05) is 6.54 Å². The molecule has 0 bridgehead atoms. The molecule has 0 saturated heterocycles. The predicted octanol–water partition coefficient (Wildman–Crippen LogP) is 2.15. The van der Waals surface area contributed by atoms with Crippen LogP contribution in [0, 0.1) is 5.92 Å². The molecule has 1 atom stereocenters. The predicted molar refractivity (Wildman–Crippen MR) is 67.1 cm³/mol. The van der Waals surface area contributed by atoms with Crippen molar-refractivity contribution in [3.05, 3.63) is 0 Å². The van der Waals surface area contributed by atoms with Crippen LogP contribution in [0.4, 0.5) is 0 Å². The maximum atomic E-state index is 12.1. The Morgan fingerprint density at radius 2 is 1.88 bits per heavy atom. The average molecular weight is 226 g/mol. The largest absolute Gasteiger partial charge is 0.339 e. The highest BCUT2D eigenvalue weighted by molar-refractivity contribution is 5.77. The van der Waals surface area contributed by atoms with Crippen LogP contribution in [0.3, 0.4) is 0 Å². The summed E-state index contributed by atoms with van der Waals surface area (Å²) in [5.74, 6) is 0.785. The van der Waals surface area contributed by atoms with Gasteiger partial charge in [0.05, 0.1) is 0 Å². The van der Waals surface area contributed by atoms with Crippen LogP contribution in [-0.2, 0) is 4.79 Å². The van der Waals surface area contributed by atoms with Crippen molar-refractivity contribution in [3.63, 3.8) is 0 Å². The van der Waals surface area contributed by atoms with E-state index in [2.05, 4.69) is 18.7 Å². The van der Waals surface area contributed by atoms with Gasteiger partial charge in [0.25, 0.3) is 0 Å². The van der Waals surface area contributed by atoms with Crippen molar-refractivity contribution in [2.24, 2.45) is 11.7 Å². The van der Waals surface area contributed by atoms with E-state index in [9.17, 15) is 4.79 Å². The maximum absolute atomic E-state index is 12.1. The van der Waals surface area contributed by atoms with Gasteiger partial charge in [-0.1, -0.05) is 26.7 Å². The van der Waals surface area contributed by atoms with Gasteiger partial charge in [-0.3, -0.25) is 4.79 Å². The van der Waals surface area contributed by atoms with Crippen molar-refractivity contribution in [3.8, 4) is 0 Å². The van der Waals surface area contributed by atoms with Crippen LogP contribution < -0.4 is 5.73 Å². The molecule has 0 aromatic rings. The molecule has 0 aliphatic heterocycles. The number of hydrogen-bond donors (Lipinski definition) is 1. The molecule has 2 N–H and O–H groups in total. The number of carbonyl (C=O) groups excluding carboxylic acids is 1. The van der Waals surface area contributed by atoms with Gasteiger partial charge in [0, 0.05) is 25.0 Å². The molecule has 1 saturated carbocycles. The third-order valence-electron chi connectivity index (χ3n) is 3.14. The summed E-state index contributed by atoms with van der Waals surface area (Å²) in [5, 5.41) is 0. The van der Waals surface area contributed by atoms with Gasteiger partial charge in [-0.25, -0.2) is 0 Å². The molecular formula is C13H26N2O. The zero-order chi connectivity index (χ0) is 12.1. The van der Waals surface area contributed by atoms with Gasteiger partial charge >= 0.3 is 0 Å².